The highest BCUT2D eigenvalue weighted by molar-refractivity contribution is 9.10. The molecule has 0 aliphatic carbocycles. The first-order valence-electron chi connectivity index (χ1n) is 7.42. The lowest BCUT2D eigenvalue weighted by Gasteiger charge is -2.10. The Kier molecular flexibility index (Phi) is 4.71. The predicted molar refractivity (Wildman–Crippen MR) is 95.5 cm³/mol. The van der Waals surface area contributed by atoms with Gasteiger partial charge in [0, 0.05) is 15.7 Å². The Labute approximate surface area is 148 Å². The maximum Gasteiger partial charge on any atom is 0.246 e. The van der Waals surface area contributed by atoms with Crippen molar-refractivity contribution in [1.29, 1.82) is 0 Å². The van der Waals surface area contributed by atoms with Gasteiger partial charge < -0.3 is 5.32 Å². The number of benzene rings is 2. The van der Waals surface area contributed by atoms with Gasteiger partial charge in [-0.3, -0.25) is 4.79 Å². The zero-order chi connectivity index (χ0) is 17.1. The molecule has 7 heteroatoms. The Balaban J connectivity index is 1.77. The number of carbonyl (C=O) groups is 1. The molecule has 3 aromatic rings. The van der Waals surface area contributed by atoms with Crippen molar-refractivity contribution < 1.29 is 4.79 Å². The fraction of sp³-hybridized carbons (Fsp3) is 0.176. The summed E-state index contributed by atoms with van der Waals surface area (Å²) in [4.78, 5) is 12.3. The molecule has 0 unspecified atom stereocenters. The van der Waals surface area contributed by atoms with E-state index in [-0.39, 0.29) is 12.5 Å². The SMILES string of the molecule is Cc1ccc(C)c(NC(=O)Cn2nnnc2-c2ccc(Br)cc2)c1. The fourth-order valence-electron chi connectivity index (χ4n) is 2.31. The highest BCUT2D eigenvalue weighted by Gasteiger charge is 2.13. The van der Waals surface area contributed by atoms with Gasteiger partial charge in [0.1, 0.15) is 6.54 Å². The molecule has 2 aromatic carbocycles. The van der Waals surface area contributed by atoms with E-state index in [1.54, 1.807) is 0 Å². The average molecular weight is 386 g/mol. The molecule has 0 spiro atoms. The summed E-state index contributed by atoms with van der Waals surface area (Å²) in [6.07, 6.45) is 0. The molecule has 24 heavy (non-hydrogen) atoms. The smallest absolute Gasteiger partial charge is 0.246 e. The predicted octanol–water partition coefficient (Wildman–Crippen LogP) is 3.36. The number of hydrogen-bond donors (Lipinski definition) is 1. The van der Waals surface area contributed by atoms with Crippen LogP contribution in [0, 0.1) is 13.8 Å². The van der Waals surface area contributed by atoms with Crippen LogP contribution in [0.25, 0.3) is 11.4 Å². The number of aryl methyl sites for hydroxylation is 2. The summed E-state index contributed by atoms with van der Waals surface area (Å²) in [6, 6.07) is 13.6. The van der Waals surface area contributed by atoms with Gasteiger partial charge in [-0.1, -0.05) is 40.2 Å². The molecular weight excluding hydrogens is 370 g/mol. The normalized spacial score (nSPS) is 10.6. The Morgan fingerprint density at radius 2 is 1.92 bits per heavy atom. The fourth-order valence-corrected chi connectivity index (χ4v) is 2.58. The third-order valence-electron chi connectivity index (χ3n) is 3.59. The van der Waals surface area contributed by atoms with Crippen LogP contribution in [0.1, 0.15) is 11.1 Å². The quantitative estimate of drug-likeness (QED) is 0.747. The van der Waals surface area contributed by atoms with Crippen molar-refractivity contribution in [3.05, 3.63) is 58.1 Å². The lowest BCUT2D eigenvalue weighted by atomic mass is 10.1. The van der Waals surface area contributed by atoms with Crippen molar-refractivity contribution in [2.75, 3.05) is 5.32 Å². The van der Waals surface area contributed by atoms with Crippen LogP contribution >= 0.6 is 15.9 Å². The van der Waals surface area contributed by atoms with Gasteiger partial charge in [0.15, 0.2) is 5.82 Å². The molecule has 0 fully saturated rings. The Morgan fingerprint density at radius 1 is 1.17 bits per heavy atom. The van der Waals surface area contributed by atoms with E-state index < -0.39 is 0 Å². The number of aromatic nitrogens is 4. The molecule has 0 saturated heterocycles. The number of tetrazole rings is 1. The Morgan fingerprint density at radius 3 is 2.67 bits per heavy atom. The molecule has 6 nitrogen and oxygen atoms in total. The number of carbonyl (C=O) groups excluding carboxylic acids is 1. The number of halogens is 1. The average Bonchev–Trinajstić information content (AvgIpc) is 2.99. The van der Waals surface area contributed by atoms with Crippen molar-refractivity contribution in [2.45, 2.75) is 20.4 Å². The maximum absolute atomic E-state index is 12.3. The minimum absolute atomic E-state index is 0.0474. The standard InChI is InChI=1S/C17H16BrN5O/c1-11-3-4-12(2)15(9-11)19-16(24)10-23-17(20-21-22-23)13-5-7-14(18)8-6-13/h3-9H,10H2,1-2H3,(H,19,24). The third-order valence-corrected chi connectivity index (χ3v) is 4.12. The van der Waals surface area contributed by atoms with Crippen molar-refractivity contribution in [1.82, 2.24) is 20.2 Å². The molecule has 1 heterocycles. The van der Waals surface area contributed by atoms with E-state index in [0.29, 0.717) is 5.82 Å². The third kappa shape index (κ3) is 3.68. The van der Waals surface area contributed by atoms with Crippen LogP contribution in [0.15, 0.2) is 46.9 Å². The van der Waals surface area contributed by atoms with Crippen molar-refractivity contribution >= 4 is 27.5 Å². The second-order valence-electron chi connectivity index (χ2n) is 5.53. The van der Waals surface area contributed by atoms with Crippen molar-refractivity contribution in [3.63, 3.8) is 0 Å². The number of anilines is 1. The van der Waals surface area contributed by atoms with Crippen LogP contribution in [0.2, 0.25) is 0 Å². The van der Waals surface area contributed by atoms with Gasteiger partial charge in [0.25, 0.3) is 0 Å². The molecule has 0 radical (unpaired) electrons. The molecule has 1 aromatic heterocycles. The second-order valence-corrected chi connectivity index (χ2v) is 6.45. The molecule has 1 amide bonds. The summed E-state index contributed by atoms with van der Waals surface area (Å²) in [5.41, 5.74) is 3.76. The number of nitrogens with zero attached hydrogens (tertiary/aromatic N) is 4. The van der Waals surface area contributed by atoms with Gasteiger partial charge in [-0.2, -0.15) is 0 Å². The zero-order valence-corrected chi connectivity index (χ0v) is 14.9. The van der Waals surface area contributed by atoms with Gasteiger partial charge in [0.05, 0.1) is 0 Å². The van der Waals surface area contributed by atoms with Crippen LogP contribution in [-0.2, 0) is 11.3 Å². The summed E-state index contributed by atoms with van der Waals surface area (Å²) in [6.45, 7) is 3.99. The molecule has 0 aliphatic heterocycles. The Bertz CT molecular complexity index is 873. The van der Waals surface area contributed by atoms with Gasteiger partial charge >= 0.3 is 0 Å². The first kappa shape index (κ1) is 16.3. The van der Waals surface area contributed by atoms with E-state index in [1.807, 2.05) is 56.3 Å². The van der Waals surface area contributed by atoms with Crippen LogP contribution in [-0.4, -0.2) is 26.1 Å². The van der Waals surface area contributed by atoms with E-state index in [1.165, 1.54) is 4.68 Å². The molecule has 0 bridgehead atoms. The molecule has 0 aliphatic rings. The summed E-state index contributed by atoms with van der Waals surface area (Å²) in [5, 5.41) is 14.5. The highest BCUT2D eigenvalue weighted by atomic mass is 79.9. The number of hydrogen-bond acceptors (Lipinski definition) is 4. The van der Waals surface area contributed by atoms with Crippen LogP contribution in [0.3, 0.4) is 0 Å². The first-order valence-corrected chi connectivity index (χ1v) is 8.21. The Hall–Kier alpha value is -2.54. The van der Waals surface area contributed by atoms with E-state index in [4.69, 9.17) is 0 Å². The van der Waals surface area contributed by atoms with Gasteiger partial charge in [-0.15, -0.1) is 5.10 Å². The summed E-state index contributed by atoms with van der Waals surface area (Å²) in [7, 11) is 0. The number of rotatable bonds is 4. The molecule has 3 rings (SSSR count). The zero-order valence-electron chi connectivity index (χ0n) is 13.3. The maximum atomic E-state index is 12.3. The summed E-state index contributed by atoms with van der Waals surface area (Å²) >= 11 is 3.39. The van der Waals surface area contributed by atoms with E-state index in [0.717, 1.165) is 26.9 Å². The topological polar surface area (TPSA) is 72.7 Å². The monoisotopic (exact) mass is 385 g/mol. The molecular formula is C17H16BrN5O. The minimum atomic E-state index is -0.172. The summed E-state index contributed by atoms with van der Waals surface area (Å²) in [5.74, 6) is 0.382. The molecule has 1 N–H and O–H groups in total. The van der Waals surface area contributed by atoms with Crippen LogP contribution in [0.5, 0.6) is 0 Å². The van der Waals surface area contributed by atoms with Gasteiger partial charge in [0.2, 0.25) is 5.91 Å². The lowest BCUT2D eigenvalue weighted by Crippen LogP contribution is -2.20. The van der Waals surface area contributed by atoms with E-state index in [2.05, 4.69) is 36.8 Å². The highest BCUT2D eigenvalue weighted by Crippen LogP contribution is 2.20. The van der Waals surface area contributed by atoms with E-state index in [9.17, 15) is 4.79 Å². The lowest BCUT2D eigenvalue weighted by molar-refractivity contribution is -0.116. The molecule has 0 saturated carbocycles. The summed E-state index contributed by atoms with van der Waals surface area (Å²) < 4.78 is 2.46. The number of nitrogens with one attached hydrogen (secondary N) is 1. The van der Waals surface area contributed by atoms with Crippen LogP contribution < -0.4 is 5.32 Å². The first-order chi connectivity index (χ1) is 11.5. The minimum Gasteiger partial charge on any atom is -0.324 e. The van der Waals surface area contributed by atoms with Crippen molar-refractivity contribution in [2.24, 2.45) is 0 Å². The van der Waals surface area contributed by atoms with Crippen molar-refractivity contribution in [3.8, 4) is 11.4 Å². The van der Waals surface area contributed by atoms with Gasteiger partial charge in [-0.05, 0) is 53.6 Å². The largest absolute Gasteiger partial charge is 0.324 e. The van der Waals surface area contributed by atoms with Gasteiger partial charge in [-0.25, -0.2) is 4.68 Å². The molecule has 122 valence electrons. The van der Waals surface area contributed by atoms with E-state index >= 15 is 0 Å². The van der Waals surface area contributed by atoms with Crippen LogP contribution in [0.4, 0.5) is 5.69 Å². The number of amides is 1. The second kappa shape index (κ2) is 6.92. The molecule has 0 atom stereocenters.